The van der Waals surface area contributed by atoms with Gasteiger partial charge in [-0.2, -0.15) is 0 Å². The van der Waals surface area contributed by atoms with E-state index in [1.165, 1.54) is 6.42 Å². The third kappa shape index (κ3) is 4.70. The van der Waals surface area contributed by atoms with Crippen molar-refractivity contribution < 1.29 is 23.1 Å². The Labute approximate surface area is 157 Å². The van der Waals surface area contributed by atoms with Crippen LogP contribution in [0.4, 0.5) is 13.6 Å². The minimum atomic E-state index is -0.908. The van der Waals surface area contributed by atoms with Gasteiger partial charge in [-0.15, -0.1) is 0 Å². The number of hydrogen-bond acceptors (Lipinski definition) is 3. The highest BCUT2D eigenvalue weighted by molar-refractivity contribution is 6.09. The molecule has 1 aromatic rings. The van der Waals surface area contributed by atoms with Crippen molar-refractivity contribution in [1.82, 2.24) is 5.32 Å². The first-order valence-electron chi connectivity index (χ1n) is 9.48. The van der Waals surface area contributed by atoms with Gasteiger partial charge < -0.3 is 10.1 Å². The Morgan fingerprint density at radius 3 is 2.48 bits per heavy atom. The lowest BCUT2D eigenvalue weighted by atomic mass is 9.86. The van der Waals surface area contributed by atoms with Gasteiger partial charge in [-0.3, -0.25) is 4.79 Å². The molecule has 2 aliphatic rings. The summed E-state index contributed by atoms with van der Waals surface area (Å²) in [7, 11) is 0. The second-order valence-corrected chi connectivity index (χ2v) is 7.20. The van der Waals surface area contributed by atoms with Gasteiger partial charge in [0.1, 0.15) is 17.6 Å². The summed E-state index contributed by atoms with van der Waals surface area (Å²) in [5.74, 6) is -2.61. The topological polar surface area (TPSA) is 67.8 Å². The fourth-order valence-electron chi connectivity index (χ4n) is 3.89. The lowest BCUT2D eigenvalue weighted by molar-refractivity contribution is -0.148. The van der Waals surface area contributed by atoms with Crippen LogP contribution in [0.3, 0.4) is 0 Å². The van der Waals surface area contributed by atoms with E-state index >= 15 is 0 Å². The Balaban J connectivity index is 1.82. The quantitative estimate of drug-likeness (QED) is 0.776. The van der Waals surface area contributed by atoms with Gasteiger partial charge in [-0.1, -0.05) is 26.2 Å². The lowest BCUT2D eigenvalue weighted by Gasteiger charge is -2.31. The summed E-state index contributed by atoms with van der Waals surface area (Å²) in [6.45, 7) is 2.10. The van der Waals surface area contributed by atoms with Crippen molar-refractivity contribution in [2.45, 2.75) is 51.5 Å². The zero-order valence-corrected chi connectivity index (χ0v) is 15.3. The third-order valence-corrected chi connectivity index (χ3v) is 5.26. The number of urea groups is 1. The first-order chi connectivity index (χ1) is 13.0. The number of esters is 1. The number of halogens is 2. The average molecular weight is 378 g/mol. The van der Waals surface area contributed by atoms with Crippen LogP contribution in [0.1, 0.15) is 57.1 Å². The molecule has 7 heteroatoms. The van der Waals surface area contributed by atoms with Crippen LogP contribution in [0.2, 0.25) is 0 Å². The summed E-state index contributed by atoms with van der Waals surface area (Å²) >= 11 is 0. The molecular weight excluding hydrogens is 354 g/mol. The summed E-state index contributed by atoms with van der Waals surface area (Å²) in [6.07, 6.45) is 5.90. The van der Waals surface area contributed by atoms with Gasteiger partial charge >= 0.3 is 12.0 Å². The molecule has 1 heterocycles. The predicted octanol–water partition coefficient (Wildman–Crippen LogP) is 4.32. The standard InChI is InChI=1S/C20H24F2N2O3/c1-2-16-17(19(25)27-11-12-6-4-3-5-7-12)18(24-20(26)23-16)13-8-14(21)10-15(22)9-13/h8-10,12,17-18H,2-7,11H2,1H3,(H,24,26). The molecule has 1 aliphatic heterocycles. The Kier molecular flexibility index (Phi) is 6.19. The zero-order chi connectivity index (χ0) is 19.4. The SMILES string of the molecule is CCC1=NC(=O)NC(c2cc(F)cc(F)c2)C1C(=O)OCC1CCCCC1. The maximum Gasteiger partial charge on any atom is 0.341 e. The summed E-state index contributed by atoms with van der Waals surface area (Å²) in [5.41, 5.74) is 0.545. The Morgan fingerprint density at radius 1 is 1.19 bits per heavy atom. The Bertz CT molecular complexity index is 724. The lowest BCUT2D eigenvalue weighted by Crippen LogP contribution is -2.45. The molecule has 2 unspecified atom stereocenters. The smallest absolute Gasteiger partial charge is 0.341 e. The number of carbonyl (C=O) groups is 2. The van der Waals surface area contributed by atoms with Crippen LogP contribution >= 0.6 is 0 Å². The number of hydrogen-bond donors (Lipinski definition) is 1. The van der Waals surface area contributed by atoms with Gasteiger partial charge in [-0.25, -0.2) is 18.6 Å². The maximum atomic E-state index is 13.7. The van der Waals surface area contributed by atoms with Crippen LogP contribution in [0.25, 0.3) is 0 Å². The van der Waals surface area contributed by atoms with E-state index in [0.717, 1.165) is 43.9 Å². The van der Waals surface area contributed by atoms with E-state index in [0.29, 0.717) is 24.7 Å². The van der Waals surface area contributed by atoms with Gasteiger partial charge in [0.25, 0.3) is 0 Å². The molecule has 27 heavy (non-hydrogen) atoms. The average Bonchev–Trinajstić information content (AvgIpc) is 2.65. The molecule has 1 aliphatic carbocycles. The first-order valence-corrected chi connectivity index (χ1v) is 9.48. The molecule has 0 bridgehead atoms. The van der Waals surface area contributed by atoms with Crippen LogP contribution in [-0.4, -0.2) is 24.3 Å². The summed E-state index contributed by atoms with van der Waals surface area (Å²) in [5, 5.41) is 2.56. The van der Waals surface area contributed by atoms with E-state index in [2.05, 4.69) is 10.3 Å². The number of ether oxygens (including phenoxy) is 1. The van der Waals surface area contributed by atoms with Crippen molar-refractivity contribution in [3.63, 3.8) is 0 Å². The van der Waals surface area contributed by atoms with E-state index in [-0.39, 0.29) is 5.56 Å². The molecule has 0 saturated heterocycles. The number of nitrogens with one attached hydrogen (secondary N) is 1. The molecule has 5 nitrogen and oxygen atoms in total. The van der Waals surface area contributed by atoms with Crippen LogP contribution < -0.4 is 5.32 Å². The fourth-order valence-corrected chi connectivity index (χ4v) is 3.89. The fraction of sp³-hybridized carbons (Fsp3) is 0.550. The van der Waals surface area contributed by atoms with Crippen molar-refractivity contribution >= 4 is 17.7 Å². The highest BCUT2D eigenvalue weighted by Gasteiger charge is 2.39. The molecule has 2 atom stereocenters. The molecular formula is C20H24F2N2O3. The highest BCUT2D eigenvalue weighted by Crippen LogP contribution is 2.31. The van der Waals surface area contributed by atoms with E-state index in [1.807, 2.05) is 0 Å². The van der Waals surface area contributed by atoms with Gasteiger partial charge in [0.15, 0.2) is 0 Å². The minimum Gasteiger partial charge on any atom is -0.465 e. The van der Waals surface area contributed by atoms with Crippen molar-refractivity contribution in [2.75, 3.05) is 6.61 Å². The van der Waals surface area contributed by atoms with Crippen LogP contribution in [0.5, 0.6) is 0 Å². The number of carbonyl (C=O) groups excluding carboxylic acids is 2. The molecule has 0 spiro atoms. The Morgan fingerprint density at radius 2 is 1.85 bits per heavy atom. The first kappa shape index (κ1) is 19.5. The van der Waals surface area contributed by atoms with E-state index in [9.17, 15) is 18.4 Å². The summed E-state index contributed by atoms with van der Waals surface area (Å²) in [4.78, 5) is 28.6. The van der Waals surface area contributed by atoms with Crippen molar-refractivity contribution in [3.8, 4) is 0 Å². The number of rotatable bonds is 5. The van der Waals surface area contributed by atoms with Crippen LogP contribution in [-0.2, 0) is 9.53 Å². The summed E-state index contributed by atoms with van der Waals surface area (Å²) in [6, 6.07) is 1.45. The molecule has 0 radical (unpaired) electrons. The molecule has 0 aromatic heterocycles. The second kappa shape index (κ2) is 8.59. The molecule has 146 valence electrons. The van der Waals surface area contributed by atoms with Crippen molar-refractivity contribution in [3.05, 3.63) is 35.4 Å². The molecule has 1 saturated carbocycles. The zero-order valence-electron chi connectivity index (χ0n) is 15.3. The largest absolute Gasteiger partial charge is 0.465 e. The Hall–Kier alpha value is -2.31. The monoisotopic (exact) mass is 378 g/mol. The predicted molar refractivity (Wildman–Crippen MR) is 96.4 cm³/mol. The van der Waals surface area contributed by atoms with Crippen LogP contribution in [0, 0.1) is 23.5 Å². The van der Waals surface area contributed by atoms with E-state index in [4.69, 9.17) is 4.74 Å². The number of nitrogens with zero attached hydrogens (tertiary/aromatic N) is 1. The normalized spacial score (nSPS) is 23.5. The van der Waals surface area contributed by atoms with Gasteiger partial charge in [-0.05, 0) is 42.9 Å². The molecule has 3 rings (SSSR count). The molecule has 1 fully saturated rings. The molecule has 1 aromatic carbocycles. The third-order valence-electron chi connectivity index (χ3n) is 5.26. The van der Waals surface area contributed by atoms with E-state index < -0.39 is 35.6 Å². The number of amides is 2. The van der Waals surface area contributed by atoms with Crippen molar-refractivity contribution in [1.29, 1.82) is 0 Å². The molecule has 1 N–H and O–H groups in total. The maximum absolute atomic E-state index is 13.7. The summed E-state index contributed by atoms with van der Waals surface area (Å²) < 4.78 is 32.9. The van der Waals surface area contributed by atoms with Gasteiger partial charge in [0.05, 0.1) is 12.6 Å². The number of aliphatic imine (C=N–C) groups is 1. The highest BCUT2D eigenvalue weighted by atomic mass is 19.1. The van der Waals surface area contributed by atoms with Crippen LogP contribution in [0.15, 0.2) is 23.2 Å². The van der Waals surface area contributed by atoms with Gasteiger partial charge in [0, 0.05) is 11.8 Å². The van der Waals surface area contributed by atoms with Gasteiger partial charge in [0.2, 0.25) is 0 Å². The van der Waals surface area contributed by atoms with E-state index in [1.54, 1.807) is 6.92 Å². The second-order valence-electron chi connectivity index (χ2n) is 7.20. The molecule has 2 amide bonds. The minimum absolute atomic E-state index is 0.182. The number of benzene rings is 1. The van der Waals surface area contributed by atoms with Crippen molar-refractivity contribution in [2.24, 2.45) is 16.8 Å².